The van der Waals surface area contributed by atoms with Crippen LogP contribution in [-0.2, 0) is 14.3 Å². The molecule has 0 radical (unpaired) electrons. The van der Waals surface area contributed by atoms with Gasteiger partial charge in [-0.05, 0) is 18.6 Å². The molecule has 2 amide bonds. The van der Waals surface area contributed by atoms with Crippen LogP contribution in [0.15, 0.2) is 24.5 Å². The molecule has 2 N–H and O–H groups in total. The molecule has 2 fully saturated rings. The Kier molecular flexibility index (Phi) is 8.16. The minimum absolute atomic E-state index is 0.113. The minimum atomic E-state index is -5.08. The highest BCUT2D eigenvalue weighted by Crippen LogP contribution is 2.33. The average Bonchev–Trinajstić information content (AvgIpc) is 3.28. The Balaban J connectivity index is 0.000000396. The SMILES string of the molecule is CCCC(=O)N1C[C@@H]2[C@H](CNC(=O)c3cccnc3)CO[C@@H]2C1.O=C(O)C(F)(F)F. The lowest BCUT2D eigenvalue weighted by Crippen LogP contribution is -2.35. The Morgan fingerprint density at radius 1 is 1.33 bits per heavy atom. The van der Waals surface area contributed by atoms with Crippen molar-refractivity contribution in [2.45, 2.75) is 32.0 Å². The normalized spacial score (nSPS) is 22.7. The molecule has 0 unspecified atom stereocenters. The first kappa shape index (κ1) is 23.6. The number of nitrogens with one attached hydrogen (secondary N) is 1. The van der Waals surface area contributed by atoms with Gasteiger partial charge in [0.1, 0.15) is 0 Å². The molecule has 3 rings (SSSR count). The van der Waals surface area contributed by atoms with Crippen LogP contribution in [0.4, 0.5) is 13.2 Å². The monoisotopic (exact) mass is 431 g/mol. The maximum absolute atomic E-state index is 12.1. The van der Waals surface area contributed by atoms with Gasteiger partial charge in [-0.2, -0.15) is 13.2 Å². The number of rotatable bonds is 5. The molecule has 3 heterocycles. The molecule has 1 aromatic heterocycles. The molecule has 2 aliphatic heterocycles. The molecule has 2 saturated heterocycles. The third-order valence-electron chi connectivity index (χ3n) is 4.95. The number of hydrogen-bond donors (Lipinski definition) is 2. The van der Waals surface area contributed by atoms with E-state index in [-0.39, 0.29) is 23.8 Å². The standard InChI is InChI=1S/C17H23N3O3.C2HF3O2/c1-2-4-16(21)20-9-14-13(11-23-15(14)10-20)8-19-17(22)12-5-3-6-18-7-12;3-2(4,5)1(6)7/h3,5-7,13-15H,2,4,8-11H2,1H3,(H,19,22);(H,6,7)/t13-,14-,15-;/m1./s1. The maximum atomic E-state index is 12.1. The zero-order valence-electron chi connectivity index (χ0n) is 16.4. The number of likely N-dealkylation sites (tertiary alicyclic amines) is 1. The van der Waals surface area contributed by atoms with Crippen molar-refractivity contribution >= 4 is 17.8 Å². The predicted octanol–water partition coefficient (Wildman–Crippen LogP) is 1.72. The second kappa shape index (κ2) is 10.4. The van der Waals surface area contributed by atoms with Crippen LogP contribution in [0, 0.1) is 11.8 Å². The highest BCUT2D eigenvalue weighted by atomic mass is 19.4. The summed E-state index contributed by atoms with van der Waals surface area (Å²) in [5.41, 5.74) is 0.564. The minimum Gasteiger partial charge on any atom is -0.475 e. The fourth-order valence-electron chi connectivity index (χ4n) is 3.41. The van der Waals surface area contributed by atoms with Crippen LogP contribution in [0.25, 0.3) is 0 Å². The Bertz CT molecular complexity index is 745. The predicted molar refractivity (Wildman–Crippen MR) is 98.5 cm³/mol. The molecule has 2 aliphatic rings. The van der Waals surface area contributed by atoms with Crippen LogP contribution in [0.2, 0.25) is 0 Å². The van der Waals surface area contributed by atoms with E-state index in [1.54, 1.807) is 24.5 Å². The number of carboxylic acid groups (broad SMARTS) is 1. The first-order chi connectivity index (χ1) is 14.1. The van der Waals surface area contributed by atoms with Crippen molar-refractivity contribution in [2.75, 3.05) is 26.2 Å². The number of halogens is 3. The van der Waals surface area contributed by atoms with Gasteiger partial charge in [-0.1, -0.05) is 6.92 Å². The Labute approximate surface area is 171 Å². The van der Waals surface area contributed by atoms with E-state index < -0.39 is 12.1 Å². The largest absolute Gasteiger partial charge is 0.490 e. The van der Waals surface area contributed by atoms with Gasteiger partial charge >= 0.3 is 12.1 Å². The van der Waals surface area contributed by atoms with Crippen molar-refractivity contribution < 1.29 is 37.4 Å². The number of aliphatic carboxylic acids is 1. The van der Waals surface area contributed by atoms with Crippen molar-refractivity contribution in [3.63, 3.8) is 0 Å². The molecule has 8 nitrogen and oxygen atoms in total. The van der Waals surface area contributed by atoms with Gasteiger partial charge in [-0.15, -0.1) is 0 Å². The number of carbonyl (C=O) groups excluding carboxylic acids is 2. The molecule has 0 spiro atoms. The average molecular weight is 431 g/mol. The Hall–Kier alpha value is -2.69. The Morgan fingerprint density at radius 2 is 2.03 bits per heavy atom. The van der Waals surface area contributed by atoms with Gasteiger partial charge in [-0.25, -0.2) is 4.79 Å². The van der Waals surface area contributed by atoms with E-state index >= 15 is 0 Å². The molecule has 0 aromatic carbocycles. The number of carbonyl (C=O) groups is 3. The summed E-state index contributed by atoms with van der Waals surface area (Å²) in [7, 11) is 0. The van der Waals surface area contributed by atoms with E-state index in [2.05, 4.69) is 10.3 Å². The third kappa shape index (κ3) is 6.41. The molecule has 11 heteroatoms. The first-order valence-corrected chi connectivity index (χ1v) is 9.51. The topological polar surface area (TPSA) is 109 Å². The van der Waals surface area contributed by atoms with Gasteiger partial charge in [0.25, 0.3) is 5.91 Å². The van der Waals surface area contributed by atoms with Crippen molar-refractivity contribution in [3.8, 4) is 0 Å². The molecule has 3 atom stereocenters. The van der Waals surface area contributed by atoms with Crippen molar-refractivity contribution in [2.24, 2.45) is 11.8 Å². The number of hydrogen-bond acceptors (Lipinski definition) is 5. The smallest absolute Gasteiger partial charge is 0.475 e. The molecule has 1 aromatic rings. The van der Waals surface area contributed by atoms with Crippen LogP contribution in [0.3, 0.4) is 0 Å². The summed E-state index contributed by atoms with van der Waals surface area (Å²) < 4.78 is 37.6. The van der Waals surface area contributed by atoms with Gasteiger partial charge in [-0.3, -0.25) is 14.6 Å². The summed E-state index contributed by atoms with van der Waals surface area (Å²) in [6.07, 6.45) is -0.287. The van der Waals surface area contributed by atoms with Gasteiger partial charge < -0.3 is 20.1 Å². The van der Waals surface area contributed by atoms with Crippen LogP contribution >= 0.6 is 0 Å². The third-order valence-corrected chi connectivity index (χ3v) is 4.95. The van der Waals surface area contributed by atoms with Gasteiger partial charge in [0.05, 0.1) is 18.3 Å². The number of amides is 2. The van der Waals surface area contributed by atoms with E-state index in [1.807, 2.05) is 11.8 Å². The summed E-state index contributed by atoms with van der Waals surface area (Å²) in [4.78, 5) is 38.9. The lowest BCUT2D eigenvalue weighted by Gasteiger charge is -2.20. The summed E-state index contributed by atoms with van der Waals surface area (Å²) in [6, 6.07) is 3.49. The zero-order chi connectivity index (χ0) is 22.3. The van der Waals surface area contributed by atoms with Crippen LogP contribution < -0.4 is 5.32 Å². The first-order valence-electron chi connectivity index (χ1n) is 9.51. The number of fused-ring (bicyclic) bond motifs is 1. The zero-order valence-corrected chi connectivity index (χ0v) is 16.4. The summed E-state index contributed by atoms with van der Waals surface area (Å²) in [5, 5.41) is 10.1. The van der Waals surface area contributed by atoms with Gasteiger partial charge in [0, 0.05) is 50.3 Å². The van der Waals surface area contributed by atoms with Crippen molar-refractivity contribution in [1.82, 2.24) is 15.2 Å². The van der Waals surface area contributed by atoms with Crippen LogP contribution in [0.5, 0.6) is 0 Å². The Morgan fingerprint density at radius 3 is 2.60 bits per heavy atom. The number of pyridine rings is 1. The molecule has 0 saturated carbocycles. The molecular weight excluding hydrogens is 407 g/mol. The van der Waals surface area contributed by atoms with E-state index in [9.17, 15) is 22.8 Å². The van der Waals surface area contributed by atoms with Crippen molar-refractivity contribution in [3.05, 3.63) is 30.1 Å². The van der Waals surface area contributed by atoms with Crippen LogP contribution in [-0.4, -0.2) is 71.3 Å². The summed E-state index contributed by atoms with van der Waals surface area (Å²) in [5.74, 6) is -2.07. The van der Waals surface area contributed by atoms with Gasteiger partial charge in [0.15, 0.2) is 0 Å². The van der Waals surface area contributed by atoms with E-state index in [0.29, 0.717) is 37.6 Å². The molecule has 0 aliphatic carbocycles. The number of aromatic nitrogens is 1. The highest BCUT2D eigenvalue weighted by Gasteiger charge is 2.44. The second-order valence-electron chi connectivity index (χ2n) is 7.10. The van der Waals surface area contributed by atoms with E-state index in [0.717, 1.165) is 13.0 Å². The van der Waals surface area contributed by atoms with Crippen LogP contribution in [0.1, 0.15) is 30.1 Å². The summed E-state index contributed by atoms with van der Waals surface area (Å²) in [6.45, 7) is 4.68. The quantitative estimate of drug-likeness (QED) is 0.735. The lowest BCUT2D eigenvalue weighted by molar-refractivity contribution is -0.192. The fourth-order valence-corrected chi connectivity index (χ4v) is 3.41. The molecular formula is C19H24F3N3O5. The van der Waals surface area contributed by atoms with E-state index in [1.165, 1.54) is 0 Å². The number of ether oxygens (including phenoxy) is 1. The van der Waals surface area contributed by atoms with Gasteiger partial charge in [0.2, 0.25) is 5.91 Å². The van der Waals surface area contributed by atoms with E-state index in [4.69, 9.17) is 14.6 Å². The molecule has 0 bridgehead atoms. The second-order valence-corrected chi connectivity index (χ2v) is 7.10. The molecule has 30 heavy (non-hydrogen) atoms. The van der Waals surface area contributed by atoms with Crippen molar-refractivity contribution in [1.29, 1.82) is 0 Å². The highest BCUT2D eigenvalue weighted by molar-refractivity contribution is 5.93. The maximum Gasteiger partial charge on any atom is 0.490 e. The molecule has 166 valence electrons. The number of alkyl halides is 3. The number of nitrogens with zero attached hydrogens (tertiary/aromatic N) is 2. The summed E-state index contributed by atoms with van der Waals surface area (Å²) >= 11 is 0. The number of carboxylic acids is 1. The lowest BCUT2D eigenvalue weighted by atomic mass is 9.93. The fraction of sp³-hybridized carbons (Fsp3) is 0.579.